The standard InChI is InChI=1S/C24H34N4O4/c1-18-5-6-20(17-22(18)28(31)32)24(30)27-15-9-21(10-16-27)25-13-7-19(8-14-25)23(29)26-11-3-2-4-12-26/h5-6,17,19,21H,2-4,7-16H2,1H3. The molecule has 3 heterocycles. The van der Waals surface area contributed by atoms with Crippen molar-refractivity contribution < 1.29 is 14.5 Å². The first-order valence-electron chi connectivity index (χ1n) is 12.0. The fraction of sp³-hybridized carbons (Fsp3) is 0.667. The summed E-state index contributed by atoms with van der Waals surface area (Å²) in [6.07, 6.45) is 7.19. The maximum absolute atomic E-state index is 12.9. The highest BCUT2D eigenvalue weighted by molar-refractivity contribution is 5.95. The van der Waals surface area contributed by atoms with Gasteiger partial charge in [-0.15, -0.1) is 0 Å². The molecule has 0 N–H and O–H groups in total. The average molecular weight is 443 g/mol. The van der Waals surface area contributed by atoms with Crippen molar-refractivity contribution >= 4 is 17.5 Å². The lowest BCUT2D eigenvalue weighted by molar-refractivity contribution is -0.385. The predicted octanol–water partition coefficient (Wildman–Crippen LogP) is 3.23. The second kappa shape index (κ2) is 9.98. The zero-order valence-electron chi connectivity index (χ0n) is 19.0. The van der Waals surface area contributed by atoms with Crippen LogP contribution in [-0.2, 0) is 4.79 Å². The van der Waals surface area contributed by atoms with E-state index in [4.69, 9.17) is 0 Å². The van der Waals surface area contributed by atoms with Crippen LogP contribution in [0.2, 0.25) is 0 Å². The van der Waals surface area contributed by atoms with Gasteiger partial charge in [0.05, 0.1) is 4.92 Å². The minimum Gasteiger partial charge on any atom is -0.342 e. The zero-order chi connectivity index (χ0) is 22.7. The first-order chi connectivity index (χ1) is 15.4. The van der Waals surface area contributed by atoms with Crippen molar-refractivity contribution in [3.63, 3.8) is 0 Å². The highest BCUT2D eigenvalue weighted by atomic mass is 16.6. The Morgan fingerprint density at radius 1 is 0.906 bits per heavy atom. The number of rotatable bonds is 4. The van der Waals surface area contributed by atoms with Crippen LogP contribution in [0.15, 0.2) is 18.2 Å². The largest absolute Gasteiger partial charge is 0.342 e. The van der Waals surface area contributed by atoms with E-state index in [1.807, 2.05) is 4.90 Å². The third-order valence-corrected chi connectivity index (χ3v) is 7.47. The van der Waals surface area contributed by atoms with Crippen LogP contribution in [0.1, 0.15) is 60.9 Å². The van der Waals surface area contributed by atoms with Crippen molar-refractivity contribution in [1.82, 2.24) is 14.7 Å². The fourth-order valence-electron chi connectivity index (χ4n) is 5.44. The van der Waals surface area contributed by atoms with Gasteiger partial charge in [-0.3, -0.25) is 19.7 Å². The van der Waals surface area contributed by atoms with Gasteiger partial charge in [0, 0.05) is 55.3 Å². The number of nitro groups is 1. The number of benzene rings is 1. The molecule has 1 aromatic rings. The van der Waals surface area contributed by atoms with Gasteiger partial charge in [0.1, 0.15) is 0 Å². The van der Waals surface area contributed by atoms with Gasteiger partial charge in [0.15, 0.2) is 0 Å². The summed E-state index contributed by atoms with van der Waals surface area (Å²) in [4.78, 5) is 42.8. The summed E-state index contributed by atoms with van der Waals surface area (Å²) in [5.74, 6) is 0.401. The molecular formula is C24H34N4O4. The third-order valence-electron chi connectivity index (χ3n) is 7.47. The molecule has 32 heavy (non-hydrogen) atoms. The van der Waals surface area contributed by atoms with Crippen molar-refractivity contribution in [3.8, 4) is 0 Å². The van der Waals surface area contributed by atoms with Crippen LogP contribution in [0.3, 0.4) is 0 Å². The summed E-state index contributed by atoms with van der Waals surface area (Å²) in [5, 5.41) is 11.2. The lowest BCUT2D eigenvalue weighted by Gasteiger charge is -2.42. The predicted molar refractivity (Wildman–Crippen MR) is 121 cm³/mol. The van der Waals surface area contributed by atoms with E-state index in [0.29, 0.717) is 36.2 Å². The molecule has 1 aromatic carbocycles. The van der Waals surface area contributed by atoms with Crippen LogP contribution >= 0.6 is 0 Å². The first kappa shape index (κ1) is 22.7. The number of likely N-dealkylation sites (tertiary alicyclic amines) is 3. The molecule has 0 atom stereocenters. The van der Waals surface area contributed by atoms with Gasteiger partial charge in [0.2, 0.25) is 5.91 Å². The number of carbonyl (C=O) groups excluding carboxylic acids is 2. The normalized spacial score (nSPS) is 21.5. The molecule has 0 aromatic heterocycles. The van der Waals surface area contributed by atoms with E-state index in [0.717, 1.165) is 64.7 Å². The molecule has 174 valence electrons. The van der Waals surface area contributed by atoms with Crippen molar-refractivity contribution in [2.75, 3.05) is 39.3 Å². The van der Waals surface area contributed by atoms with E-state index >= 15 is 0 Å². The van der Waals surface area contributed by atoms with E-state index in [1.54, 1.807) is 19.1 Å². The van der Waals surface area contributed by atoms with Gasteiger partial charge in [-0.25, -0.2) is 0 Å². The summed E-state index contributed by atoms with van der Waals surface area (Å²) in [7, 11) is 0. The molecule has 0 saturated carbocycles. The molecular weight excluding hydrogens is 408 g/mol. The van der Waals surface area contributed by atoms with Crippen LogP contribution in [0.25, 0.3) is 0 Å². The van der Waals surface area contributed by atoms with E-state index < -0.39 is 4.92 Å². The molecule has 0 spiro atoms. The lowest BCUT2D eigenvalue weighted by atomic mass is 9.91. The van der Waals surface area contributed by atoms with Gasteiger partial charge in [-0.05, 0) is 71.0 Å². The van der Waals surface area contributed by atoms with Crippen molar-refractivity contribution in [2.24, 2.45) is 5.92 Å². The molecule has 3 fully saturated rings. The van der Waals surface area contributed by atoms with Gasteiger partial charge < -0.3 is 14.7 Å². The SMILES string of the molecule is Cc1ccc(C(=O)N2CCC(N3CCC(C(=O)N4CCCCC4)CC3)CC2)cc1[N+](=O)[O-]. The fourth-order valence-corrected chi connectivity index (χ4v) is 5.44. The number of piperidine rings is 3. The number of amides is 2. The minimum atomic E-state index is -0.433. The molecule has 0 bridgehead atoms. The number of hydrogen-bond donors (Lipinski definition) is 0. The zero-order valence-corrected chi connectivity index (χ0v) is 19.0. The van der Waals surface area contributed by atoms with E-state index in [1.165, 1.54) is 12.5 Å². The van der Waals surface area contributed by atoms with Crippen LogP contribution in [0, 0.1) is 23.0 Å². The Balaban J connectivity index is 1.26. The van der Waals surface area contributed by atoms with Gasteiger partial charge in [0.25, 0.3) is 11.6 Å². The summed E-state index contributed by atoms with van der Waals surface area (Å²) in [5.41, 5.74) is 0.943. The van der Waals surface area contributed by atoms with Crippen LogP contribution in [0.4, 0.5) is 5.69 Å². The molecule has 3 aliphatic heterocycles. The van der Waals surface area contributed by atoms with Crippen LogP contribution in [-0.4, -0.2) is 76.7 Å². The monoisotopic (exact) mass is 442 g/mol. The van der Waals surface area contributed by atoms with Crippen molar-refractivity contribution in [2.45, 2.75) is 57.9 Å². The third kappa shape index (κ3) is 4.95. The van der Waals surface area contributed by atoms with Gasteiger partial charge in [-0.1, -0.05) is 6.07 Å². The summed E-state index contributed by atoms with van der Waals surface area (Å²) in [6, 6.07) is 5.17. The molecule has 8 nitrogen and oxygen atoms in total. The highest BCUT2D eigenvalue weighted by Crippen LogP contribution is 2.27. The number of hydrogen-bond acceptors (Lipinski definition) is 5. The molecule has 0 radical (unpaired) electrons. The Bertz CT molecular complexity index is 852. The highest BCUT2D eigenvalue weighted by Gasteiger charge is 2.33. The Hall–Kier alpha value is -2.48. The maximum Gasteiger partial charge on any atom is 0.273 e. The topological polar surface area (TPSA) is 87.0 Å². The summed E-state index contributed by atoms with van der Waals surface area (Å²) < 4.78 is 0. The molecule has 3 aliphatic rings. The Kier molecular flexibility index (Phi) is 7.08. The summed E-state index contributed by atoms with van der Waals surface area (Å²) in [6.45, 7) is 6.77. The van der Waals surface area contributed by atoms with E-state index in [-0.39, 0.29) is 17.5 Å². The number of nitrogens with zero attached hydrogens (tertiary/aromatic N) is 4. The minimum absolute atomic E-state index is 0.00675. The summed E-state index contributed by atoms with van der Waals surface area (Å²) >= 11 is 0. The average Bonchev–Trinajstić information content (AvgIpc) is 2.84. The Labute approximate surface area is 189 Å². The quantitative estimate of drug-likeness (QED) is 0.528. The molecule has 0 unspecified atom stereocenters. The number of aryl methyl sites for hydroxylation is 1. The lowest BCUT2D eigenvalue weighted by Crippen LogP contribution is -2.50. The van der Waals surface area contributed by atoms with E-state index in [2.05, 4.69) is 9.80 Å². The molecule has 2 amide bonds. The van der Waals surface area contributed by atoms with Gasteiger partial charge in [-0.2, -0.15) is 0 Å². The van der Waals surface area contributed by atoms with Crippen LogP contribution in [0.5, 0.6) is 0 Å². The van der Waals surface area contributed by atoms with Crippen molar-refractivity contribution in [1.29, 1.82) is 0 Å². The van der Waals surface area contributed by atoms with Gasteiger partial charge >= 0.3 is 0 Å². The molecule has 3 saturated heterocycles. The molecule has 8 heteroatoms. The second-order valence-corrected chi connectivity index (χ2v) is 9.48. The Morgan fingerprint density at radius 2 is 1.56 bits per heavy atom. The second-order valence-electron chi connectivity index (χ2n) is 9.48. The van der Waals surface area contributed by atoms with Crippen molar-refractivity contribution in [3.05, 3.63) is 39.4 Å². The maximum atomic E-state index is 12.9. The smallest absolute Gasteiger partial charge is 0.273 e. The van der Waals surface area contributed by atoms with Crippen LogP contribution < -0.4 is 0 Å². The van der Waals surface area contributed by atoms with E-state index in [9.17, 15) is 19.7 Å². The number of nitro benzene ring substituents is 1. The first-order valence-corrected chi connectivity index (χ1v) is 12.0. The number of carbonyl (C=O) groups is 2. The Morgan fingerprint density at radius 3 is 2.19 bits per heavy atom. The molecule has 4 rings (SSSR count). The molecule has 0 aliphatic carbocycles.